The van der Waals surface area contributed by atoms with Crippen molar-refractivity contribution in [3.8, 4) is 5.75 Å². The molecule has 3 aliphatic rings. The Morgan fingerprint density at radius 2 is 1.68 bits per heavy atom. The van der Waals surface area contributed by atoms with Crippen LogP contribution in [0, 0.1) is 5.92 Å². The number of hydrogen-bond acceptors (Lipinski definition) is 5. The van der Waals surface area contributed by atoms with Gasteiger partial charge in [0.15, 0.2) is 0 Å². The van der Waals surface area contributed by atoms with Crippen molar-refractivity contribution in [3.05, 3.63) is 24.3 Å². The summed E-state index contributed by atoms with van der Waals surface area (Å²) in [5, 5.41) is 0. The molecule has 1 unspecified atom stereocenters. The van der Waals surface area contributed by atoms with Gasteiger partial charge in [-0.05, 0) is 49.9 Å². The van der Waals surface area contributed by atoms with Gasteiger partial charge in [-0.25, -0.2) is 4.90 Å². The largest absolute Gasteiger partial charge is 0.427 e. The SMILES string of the molecule is CC(=O)Oc1ccc(N2C(=O)CC(N(C(=O)C3CC3)C3CCCC3)C2=O)cc1. The van der Waals surface area contributed by atoms with Crippen LogP contribution in [0.25, 0.3) is 0 Å². The van der Waals surface area contributed by atoms with Crippen LogP contribution in [0.5, 0.6) is 5.75 Å². The van der Waals surface area contributed by atoms with Crippen molar-refractivity contribution in [2.75, 3.05) is 4.90 Å². The molecule has 7 heteroatoms. The fraction of sp³-hybridized carbons (Fsp3) is 0.524. The zero-order valence-corrected chi connectivity index (χ0v) is 15.9. The third-order valence-corrected chi connectivity index (χ3v) is 5.71. The van der Waals surface area contributed by atoms with Gasteiger partial charge in [0.05, 0.1) is 12.1 Å². The Bertz CT molecular complexity index is 809. The lowest BCUT2D eigenvalue weighted by molar-refractivity contribution is -0.142. The first kappa shape index (κ1) is 18.7. The van der Waals surface area contributed by atoms with E-state index < -0.39 is 12.0 Å². The third kappa shape index (κ3) is 3.53. The van der Waals surface area contributed by atoms with Crippen LogP contribution in [0.15, 0.2) is 24.3 Å². The molecule has 0 spiro atoms. The molecule has 2 saturated carbocycles. The summed E-state index contributed by atoms with van der Waals surface area (Å²) in [5.74, 6) is -0.686. The summed E-state index contributed by atoms with van der Waals surface area (Å²) < 4.78 is 5.00. The molecular formula is C21H24N2O5. The maximum Gasteiger partial charge on any atom is 0.308 e. The van der Waals surface area contributed by atoms with Gasteiger partial charge in [0, 0.05) is 18.9 Å². The zero-order valence-electron chi connectivity index (χ0n) is 15.9. The van der Waals surface area contributed by atoms with Crippen molar-refractivity contribution >= 4 is 29.4 Å². The predicted molar refractivity (Wildman–Crippen MR) is 100 cm³/mol. The van der Waals surface area contributed by atoms with Crippen molar-refractivity contribution in [1.29, 1.82) is 0 Å². The fourth-order valence-corrected chi connectivity index (χ4v) is 4.25. The Balaban J connectivity index is 1.56. The van der Waals surface area contributed by atoms with Crippen molar-refractivity contribution in [2.24, 2.45) is 5.92 Å². The standard InChI is InChI=1S/C21H24N2O5/c1-13(24)28-17-10-8-16(9-11-17)23-19(25)12-18(21(23)27)22(15-4-2-3-5-15)20(26)14-6-7-14/h8-11,14-15,18H,2-7,12H2,1H3. The minimum Gasteiger partial charge on any atom is -0.427 e. The molecule has 28 heavy (non-hydrogen) atoms. The number of carbonyl (C=O) groups excluding carboxylic acids is 4. The number of hydrogen-bond donors (Lipinski definition) is 0. The van der Waals surface area contributed by atoms with E-state index in [9.17, 15) is 19.2 Å². The van der Waals surface area contributed by atoms with E-state index in [4.69, 9.17) is 4.74 Å². The minimum absolute atomic E-state index is 0.0144. The fourth-order valence-electron chi connectivity index (χ4n) is 4.25. The van der Waals surface area contributed by atoms with Gasteiger partial charge in [-0.1, -0.05) is 12.8 Å². The first-order valence-electron chi connectivity index (χ1n) is 9.93. The molecule has 0 radical (unpaired) electrons. The first-order chi connectivity index (χ1) is 13.5. The number of amides is 3. The summed E-state index contributed by atoms with van der Waals surface area (Å²) >= 11 is 0. The Morgan fingerprint density at radius 3 is 2.25 bits per heavy atom. The smallest absolute Gasteiger partial charge is 0.308 e. The van der Waals surface area contributed by atoms with Gasteiger partial charge in [-0.15, -0.1) is 0 Å². The quantitative estimate of drug-likeness (QED) is 0.442. The van der Waals surface area contributed by atoms with Gasteiger partial charge in [-0.2, -0.15) is 0 Å². The Labute approximate surface area is 163 Å². The van der Waals surface area contributed by atoms with Gasteiger partial charge < -0.3 is 9.64 Å². The molecule has 1 saturated heterocycles. The molecule has 148 valence electrons. The van der Waals surface area contributed by atoms with Gasteiger partial charge in [0.2, 0.25) is 11.8 Å². The van der Waals surface area contributed by atoms with E-state index >= 15 is 0 Å². The summed E-state index contributed by atoms with van der Waals surface area (Å²) in [6, 6.07) is 5.61. The van der Waals surface area contributed by atoms with Gasteiger partial charge in [0.1, 0.15) is 11.8 Å². The summed E-state index contributed by atoms with van der Waals surface area (Å²) in [4.78, 5) is 52.7. The normalized spacial score (nSPS) is 22.6. The van der Waals surface area contributed by atoms with E-state index in [1.807, 2.05) is 0 Å². The monoisotopic (exact) mass is 384 g/mol. The molecule has 0 N–H and O–H groups in total. The molecule has 4 rings (SSSR count). The van der Waals surface area contributed by atoms with Crippen molar-refractivity contribution < 1.29 is 23.9 Å². The average Bonchev–Trinajstić information content (AvgIpc) is 3.30. The molecule has 1 aromatic carbocycles. The lowest BCUT2D eigenvalue weighted by Crippen LogP contribution is -2.50. The molecule has 2 aliphatic carbocycles. The molecule has 1 aromatic rings. The lowest BCUT2D eigenvalue weighted by Gasteiger charge is -2.33. The van der Waals surface area contributed by atoms with Crippen molar-refractivity contribution in [3.63, 3.8) is 0 Å². The molecule has 1 aliphatic heterocycles. The second-order valence-electron chi connectivity index (χ2n) is 7.83. The van der Waals surface area contributed by atoms with E-state index in [2.05, 4.69) is 0 Å². The van der Waals surface area contributed by atoms with Crippen molar-refractivity contribution in [1.82, 2.24) is 4.90 Å². The van der Waals surface area contributed by atoms with Crippen LogP contribution in [0.2, 0.25) is 0 Å². The number of benzene rings is 1. The predicted octanol–water partition coefficient (Wildman–Crippen LogP) is 2.43. The topological polar surface area (TPSA) is 84.0 Å². The van der Waals surface area contributed by atoms with E-state index in [1.54, 1.807) is 29.2 Å². The molecule has 3 fully saturated rings. The highest BCUT2D eigenvalue weighted by molar-refractivity contribution is 6.23. The van der Waals surface area contributed by atoms with Crippen LogP contribution >= 0.6 is 0 Å². The number of ether oxygens (including phenoxy) is 1. The second kappa shape index (κ2) is 7.37. The molecule has 3 amide bonds. The molecule has 1 atom stereocenters. The Morgan fingerprint density at radius 1 is 1.04 bits per heavy atom. The number of rotatable bonds is 5. The highest BCUT2D eigenvalue weighted by Crippen LogP contribution is 2.38. The lowest BCUT2D eigenvalue weighted by atomic mass is 10.1. The van der Waals surface area contributed by atoms with Crippen LogP contribution in [0.3, 0.4) is 0 Å². The van der Waals surface area contributed by atoms with Crippen LogP contribution in [-0.4, -0.2) is 40.7 Å². The van der Waals surface area contributed by atoms with Crippen LogP contribution in [0.1, 0.15) is 51.9 Å². The van der Waals surface area contributed by atoms with E-state index in [-0.39, 0.29) is 36.1 Å². The summed E-state index contributed by atoms with van der Waals surface area (Å²) in [7, 11) is 0. The number of nitrogens with zero attached hydrogens (tertiary/aromatic N) is 2. The maximum absolute atomic E-state index is 13.2. The van der Waals surface area contributed by atoms with Crippen LogP contribution < -0.4 is 9.64 Å². The molecular weight excluding hydrogens is 360 g/mol. The van der Waals surface area contributed by atoms with Gasteiger partial charge in [-0.3, -0.25) is 19.2 Å². The Hall–Kier alpha value is -2.70. The summed E-state index contributed by atoms with van der Waals surface area (Å²) in [5.41, 5.74) is 0.429. The summed E-state index contributed by atoms with van der Waals surface area (Å²) in [6.07, 6.45) is 5.67. The van der Waals surface area contributed by atoms with E-state index in [0.29, 0.717) is 11.4 Å². The summed E-state index contributed by atoms with van der Waals surface area (Å²) in [6.45, 7) is 1.31. The molecule has 7 nitrogen and oxygen atoms in total. The molecule has 0 bridgehead atoms. The number of esters is 1. The van der Waals surface area contributed by atoms with Crippen LogP contribution in [-0.2, 0) is 19.2 Å². The van der Waals surface area contributed by atoms with Crippen LogP contribution in [0.4, 0.5) is 5.69 Å². The molecule has 0 aromatic heterocycles. The van der Waals surface area contributed by atoms with Crippen molar-refractivity contribution in [2.45, 2.75) is 64.0 Å². The average molecular weight is 384 g/mol. The number of carbonyl (C=O) groups is 4. The number of imide groups is 1. The van der Waals surface area contributed by atoms with Gasteiger partial charge >= 0.3 is 5.97 Å². The number of anilines is 1. The second-order valence-corrected chi connectivity index (χ2v) is 7.83. The molecule has 1 heterocycles. The minimum atomic E-state index is -0.711. The Kier molecular flexibility index (Phi) is 4.91. The van der Waals surface area contributed by atoms with Gasteiger partial charge in [0.25, 0.3) is 5.91 Å². The highest BCUT2D eigenvalue weighted by Gasteiger charge is 2.49. The van der Waals surface area contributed by atoms with E-state index in [1.165, 1.54) is 6.92 Å². The maximum atomic E-state index is 13.2. The third-order valence-electron chi connectivity index (χ3n) is 5.71. The zero-order chi connectivity index (χ0) is 19.8. The highest BCUT2D eigenvalue weighted by atomic mass is 16.5. The first-order valence-corrected chi connectivity index (χ1v) is 9.93. The van der Waals surface area contributed by atoms with E-state index in [0.717, 1.165) is 43.4 Å².